The number of aromatic nitrogens is 2. The summed E-state index contributed by atoms with van der Waals surface area (Å²) in [5, 5.41) is 15.7. The summed E-state index contributed by atoms with van der Waals surface area (Å²) in [4.78, 5) is -0.703. The van der Waals surface area contributed by atoms with E-state index in [1.165, 1.54) is 0 Å². The van der Waals surface area contributed by atoms with Crippen LogP contribution in [0.1, 0.15) is 0 Å². The van der Waals surface area contributed by atoms with Crippen LogP contribution in [0.4, 0.5) is 15.8 Å². The summed E-state index contributed by atoms with van der Waals surface area (Å²) in [5.74, 6) is -1.10. The first-order valence-electron chi connectivity index (χ1n) is 6.76. The molecule has 0 amide bonds. The van der Waals surface area contributed by atoms with E-state index >= 15 is 0 Å². The van der Waals surface area contributed by atoms with Crippen LogP contribution in [-0.2, 0) is 10.0 Å². The fourth-order valence-corrected chi connectivity index (χ4v) is 3.76. The minimum atomic E-state index is -4.30. The van der Waals surface area contributed by atoms with Gasteiger partial charge in [0.1, 0.15) is 10.7 Å². The Morgan fingerprint density at radius 2 is 1.96 bits per heavy atom. The normalized spacial score (nSPS) is 11.6. The van der Waals surface area contributed by atoms with Crippen molar-refractivity contribution in [2.75, 3.05) is 5.32 Å². The molecule has 0 fully saturated rings. The number of halogens is 3. The molecule has 0 saturated heterocycles. The average Bonchev–Trinajstić information content (AvgIpc) is 2.95. The van der Waals surface area contributed by atoms with Crippen LogP contribution in [0.15, 0.2) is 44.9 Å². The maximum absolute atomic E-state index is 14.3. The molecule has 0 aliphatic carbocycles. The third kappa shape index (κ3) is 4.11. The van der Waals surface area contributed by atoms with E-state index in [0.717, 1.165) is 15.7 Å². The van der Waals surface area contributed by atoms with Crippen molar-refractivity contribution in [1.82, 2.24) is 10.2 Å². The van der Waals surface area contributed by atoms with E-state index in [4.69, 9.17) is 21.2 Å². The van der Waals surface area contributed by atoms with Crippen LogP contribution in [-0.4, -0.2) is 18.6 Å². The molecule has 3 N–H and O–H groups in total. The van der Waals surface area contributed by atoms with Gasteiger partial charge in [-0.3, -0.25) is 0 Å². The molecule has 136 valence electrons. The van der Waals surface area contributed by atoms with Crippen molar-refractivity contribution in [3.8, 4) is 11.5 Å². The van der Waals surface area contributed by atoms with Crippen molar-refractivity contribution >= 4 is 68.2 Å². The molecule has 0 spiro atoms. The molecule has 3 aromatic rings. The third-order valence-corrected chi connectivity index (χ3v) is 5.31. The van der Waals surface area contributed by atoms with Crippen LogP contribution in [0.25, 0.3) is 11.5 Å². The maximum atomic E-state index is 14.3. The van der Waals surface area contributed by atoms with Gasteiger partial charge in [-0.05, 0) is 52.9 Å². The molecule has 3 rings (SSSR count). The second-order valence-corrected chi connectivity index (χ2v) is 8.58. The number of anilines is 2. The first kappa shape index (κ1) is 19.4. The van der Waals surface area contributed by atoms with E-state index in [0.29, 0.717) is 10.7 Å². The third-order valence-electron chi connectivity index (χ3n) is 3.22. The first-order valence-corrected chi connectivity index (χ1v) is 10.2. The van der Waals surface area contributed by atoms with Gasteiger partial charge in [0.25, 0.3) is 11.1 Å². The molecule has 7 nitrogen and oxygen atoms in total. The molecule has 0 saturated carbocycles. The predicted molar refractivity (Wildman–Crippen MR) is 106 cm³/mol. The van der Waals surface area contributed by atoms with E-state index in [2.05, 4.69) is 50.7 Å². The molecule has 0 aliphatic heterocycles. The highest BCUT2D eigenvalue weighted by Crippen LogP contribution is 2.35. The van der Waals surface area contributed by atoms with Crippen LogP contribution in [0.5, 0.6) is 0 Å². The maximum Gasteiger partial charge on any atom is 0.273 e. The lowest BCUT2D eigenvalue weighted by Gasteiger charge is -2.13. The van der Waals surface area contributed by atoms with Gasteiger partial charge in [0.05, 0.1) is 22.0 Å². The summed E-state index contributed by atoms with van der Waals surface area (Å²) < 4.78 is 43.7. The number of hydrogen-bond acceptors (Lipinski definition) is 7. The van der Waals surface area contributed by atoms with Crippen molar-refractivity contribution in [2.45, 2.75) is 10.1 Å². The summed E-state index contributed by atoms with van der Waals surface area (Å²) >= 11 is 12.2. The molecule has 0 unspecified atom stereocenters. The summed E-state index contributed by atoms with van der Waals surface area (Å²) in [6.07, 6.45) is 0. The monoisotopic (exact) mass is 526 g/mol. The second-order valence-electron chi connectivity index (χ2n) is 5.01. The molecule has 0 aliphatic rings. The van der Waals surface area contributed by atoms with Crippen molar-refractivity contribution in [3.63, 3.8) is 0 Å². The highest BCUT2D eigenvalue weighted by Gasteiger charge is 2.22. The number of primary sulfonamides is 1. The van der Waals surface area contributed by atoms with Gasteiger partial charge in [0.15, 0.2) is 0 Å². The molecule has 0 atom stereocenters. The zero-order valence-corrected chi connectivity index (χ0v) is 17.2. The number of rotatable bonds is 4. The summed E-state index contributed by atoms with van der Waals surface area (Å²) in [6, 6.07) is 7.16. The van der Waals surface area contributed by atoms with Gasteiger partial charge in [-0.2, -0.15) is 0 Å². The molecule has 26 heavy (non-hydrogen) atoms. The highest BCUT2D eigenvalue weighted by atomic mass is 127. The molecule has 1 heterocycles. The Kier molecular flexibility index (Phi) is 5.44. The van der Waals surface area contributed by atoms with Gasteiger partial charge in [-0.25, -0.2) is 17.9 Å². The van der Waals surface area contributed by atoms with E-state index in [-0.39, 0.29) is 22.4 Å². The Bertz CT molecular complexity index is 1110. The fourth-order valence-electron chi connectivity index (χ4n) is 2.11. The lowest BCUT2D eigenvalue weighted by Crippen LogP contribution is -2.14. The number of thiol groups is 1. The molecule has 1 aromatic heterocycles. The van der Waals surface area contributed by atoms with E-state index in [1.807, 2.05) is 0 Å². The lowest BCUT2D eigenvalue weighted by atomic mass is 10.1. The van der Waals surface area contributed by atoms with Crippen molar-refractivity contribution in [3.05, 3.63) is 44.7 Å². The van der Waals surface area contributed by atoms with Gasteiger partial charge < -0.3 is 9.73 Å². The highest BCUT2D eigenvalue weighted by molar-refractivity contribution is 14.1. The van der Waals surface area contributed by atoms with Gasteiger partial charge in [0, 0.05) is 3.57 Å². The van der Waals surface area contributed by atoms with Crippen LogP contribution >= 0.6 is 46.8 Å². The predicted octanol–water partition coefficient (Wildman–Crippen LogP) is 3.81. The number of benzene rings is 2. The van der Waals surface area contributed by atoms with Crippen molar-refractivity contribution < 1.29 is 17.2 Å². The smallest absolute Gasteiger partial charge is 0.273 e. The average molecular weight is 527 g/mol. The Balaban J connectivity index is 2.18. The Labute approximate surface area is 171 Å². The van der Waals surface area contributed by atoms with E-state index in [9.17, 15) is 12.8 Å². The van der Waals surface area contributed by atoms with Gasteiger partial charge in [0.2, 0.25) is 10.0 Å². The molecule has 2 aromatic carbocycles. The van der Waals surface area contributed by atoms with Crippen LogP contribution in [0, 0.1) is 9.39 Å². The van der Waals surface area contributed by atoms with Gasteiger partial charge in [-0.15, -0.1) is 10.2 Å². The molecule has 12 heteroatoms. The number of nitrogens with one attached hydrogen (secondary N) is 1. The SMILES string of the molecule is NS(=O)(=O)c1cc(-c2nnc(S)o2)c(Nc2ccc(I)cc2Cl)cc1F. The zero-order valence-electron chi connectivity index (χ0n) is 12.6. The summed E-state index contributed by atoms with van der Waals surface area (Å²) in [6.45, 7) is 0. The minimum Gasteiger partial charge on any atom is -0.411 e. The standard InChI is InChI=1S/C14H9ClFIN4O3S2/c15-8-3-6(17)1-2-10(8)19-11-5-9(16)12(26(18,22)23)4-7(11)13-20-21-14(25)24-13/h1-5,19H,(H,21,25)(H2,18,22,23). The van der Waals surface area contributed by atoms with E-state index < -0.39 is 20.7 Å². The van der Waals surface area contributed by atoms with Crippen molar-refractivity contribution in [1.29, 1.82) is 0 Å². The minimum absolute atomic E-state index is 0.0419. The number of nitrogens with zero attached hydrogens (tertiary/aromatic N) is 2. The quantitative estimate of drug-likeness (QED) is 0.352. The lowest BCUT2D eigenvalue weighted by molar-refractivity contribution is 0.468. The Morgan fingerprint density at radius 1 is 1.23 bits per heavy atom. The molecule has 0 radical (unpaired) electrons. The van der Waals surface area contributed by atoms with Crippen LogP contribution < -0.4 is 10.5 Å². The molecular weight excluding hydrogens is 518 g/mol. The van der Waals surface area contributed by atoms with Crippen LogP contribution in [0.3, 0.4) is 0 Å². The fraction of sp³-hybridized carbons (Fsp3) is 0. The van der Waals surface area contributed by atoms with Crippen LogP contribution in [0.2, 0.25) is 5.02 Å². The Morgan fingerprint density at radius 3 is 2.54 bits per heavy atom. The number of nitrogens with two attached hydrogens (primary N) is 1. The Hall–Kier alpha value is -1.41. The number of hydrogen-bond donors (Lipinski definition) is 3. The zero-order chi connectivity index (χ0) is 19.1. The largest absolute Gasteiger partial charge is 0.411 e. The van der Waals surface area contributed by atoms with Gasteiger partial charge in [-0.1, -0.05) is 24.2 Å². The summed E-state index contributed by atoms with van der Waals surface area (Å²) in [5.41, 5.74) is 0.759. The van der Waals surface area contributed by atoms with Gasteiger partial charge >= 0.3 is 0 Å². The van der Waals surface area contributed by atoms with E-state index in [1.54, 1.807) is 18.2 Å². The van der Waals surface area contributed by atoms with Crippen molar-refractivity contribution in [2.24, 2.45) is 5.14 Å². The first-order chi connectivity index (χ1) is 12.1. The second kappa shape index (κ2) is 7.31. The molecule has 0 bridgehead atoms. The summed E-state index contributed by atoms with van der Waals surface area (Å²) in [7, 11) is -4.30. The topological polar surface area (TPSA) is 111 Å². The number of sulfonamides is 1. The molecular formula is C14H9ClFIN4O3S2.